The van der Waals surface area contributed by atoms with E-state index in [1.54, 1.807) is 32.9 Å². The molecule has 0 radical (unpaired) electrons. The molecule has 2 saturated heterocycles. The highest BCUT2D eigenvalue weighted by Gasteiger charge is 2.36. The predicted molar refractivity (Wildman–Crippen MR) is 113 cm³/mol. The average Bonchev–Trinajstić information content (AvgIpc) is 2.63. The third-order valence-corrected chi connectivity index (χ3v) is 5.46. The van der Waals surface area contributed by atoms with Crippen LogP contribution in [0, 0.1) is 5.82 Å². The van der Waals surface area contributed by atoms with E-state index in [0.717, 1.165) is 0 Å². The Balaban J connectivity index is 1.57. The number of ether oxygens (including phenoxy) is 1. The zero-order chi connectivity index (χ0) is 22.8. The molecule has 1 aromatic carbocycles. The monoisotopic (exact) mass is 435 g/mol. The fourth-order valence-electron chi connectivity index (χ4n) is 3.87. The Morgan fingerprint density at radius 2 is 2.00 bits per heavy atom. The van der Waals surface area contributed by atoms with Crippen LogP contribution < -0.4 is 15.5 Å². The minimum absolute atomic E-state index is 0.0879. The lowest BCUT2D eigenvalue weighted by atomic mass is 9.88. The summed E-state index contributed by atoms with van der Waals surface area (Å²) in [7, 11) is 0. The fraction of sp³-hybridized carbons (Fsp3) is 0.591. The van der Waals surface area contributed by atoms with Gasteiger partial charge in [-0.15, -0.1) is 0 Å². The lowest BCUT2D eigenvalue weighted by molar-refractivity contribution is -0.161. The van der Waals surface area contributed by atoms with Crippen molar-refractivity contribution in [3.63, 3.8) is 0 Å². The molecule has 0 aliphatic carbocycles. The maximum Gasteiger partial charge on any atom is 0.309 e. The number of amides is 2. The summed E-state index contributed by atoms with van der Waals surface area (Å²) in [6.07, 6.45) is 1.15. The summed E-state index contributed by atoms with van der Waals surface area (Å²) in [5.74, 6) is -1.62. The largest absolute Gasteiger partial charge is 0.460 e. The highest BCUT2D eigenvalue weighted by atomic mass is 19.1. The van der Waals surface area contributed by atoms with Crippen molar-refractivity contribution in [3.8, 4) is 0 Å². The summed E-state index contributed by atoms with van der Waals surface area (Å²) in [5.41, 5.74) is -0.925. The number of imide groups is 1. The lowest BCUT2D eigenvalue weighted by Crippen LogP contribution is -2.47. The number of aliphatic hydroxyl groups is 1. The van der Waals surface area contributed by atoms with Gasteiger partial charge in [0.1, 0.15) is 17.5 Å². The van der Waals surface area contributed by atoms with Crippen LogP contribution in [0.5, 0.6) is 0 Å². The third-order valence-electron chi connectivity index (χ3n) is 5.46. The van der Waals surface area contributed by atoms with Gasteiger partial charge in [0.2, 0.25) is 11.8 Å². The summed E-state index contributed by atoms with van der Waals surface area (Å²) < 4.78 is 20.1. The molecule has 31 heavy (non-hydrogen) atoms. The number of carbonyl (C=O) groups is 3. The molecule has 8 nitrogen and oxygen atoms in total. The van der Waals surface area contributed by atoms with E-state index in [1.165, 1.54) is 6.07 Å². The normalized spacial score (nSPS) is 21.5. The first-order valence-electron chi connectivity index (χ1n) is 10.5. The molecule has 2 heterocycles. The Morgan fingerprint density at radius 3 is 2.58 bits per heavy atom. The minimum Gasteiger partial charge on any atom is -0.460 e. The number of nitrogens with one attached hydrogen (secondary N) is 2. The molecule has 0 spiro atoms. The molecule has 9 heteroatoms. The maximum absolute atomic E-state index is 14.8. The van der Waals surface area contributed by atoms with Crippen molar-refractivity contribution in [2.75, 3.05) is 23.3 Å². The number of hydrogen-bond acceptors (Lipinski definition) is 7. The van der Waals surface area contributed by atoms with Crippen molar-refractivity contribution in [1.29, 1.82) is 0 Å². The Hall–Kier alpha value is -2.68. The van der Waals surface area contributed by atoms with Crippen LogP contribution in [-0.2, 0) is 19.1 Å². The summed E-state index contributed by atoms with van der Waals surface area (Å²) in [5, 5.41) is 16.0. The van der Waals surface area contributed by atoms with E-state index in [-0.39, 0.29) is 18.7 Å². The Kier molecular flexibility index (Phi) is 6.54. The van der Waals surface area contributed by atoms with Crippen molar-refractivity contribution in [2.24, 2.45) is 0 Å². The van der Waals surface area contributed by atoms with Crippen LogP contribution in [-0.4, -0.2) is 53.2 Å². The van der Waals surface area contributed by atoms with Gasteiger partial charge in [-0.3, -0.25) is 19.7 Å². The van der Waals surface area contributed by atoms with Crippen LogP contribution in [0.1, 0.15) is 52.9 Å². The number of nitrogens with zero attached hydrogens (tertiary/aromatic N) is 1. The number of piperidine rings is 2. The van der Waals surface area contributed by atoms with E-state index in [9.17, 15) is 23.9 Å². The summed E-state index contributed by atoms with van der Waals surface area (Å²) in [4.78, 5) is 37.0. The first-order valence-corrected chi connectivity index (χ1v) is 10.5. The quantitative estimate of drug-likeness (QED) is 0.480. The molecular formula is C22H30FN3O5. The van der Waals surface area contributed by atoms with Gasteiger partial charge in [0.25, 0.3) is 0 Å². The Labute approximate surface area is 181 Å². The molecule has 1 atom stereocenters. The molecule has 1 unspecified atom stereocenters. The first kappa shape index (κ1) is 23.0. The van der Waals surface area contributed by atoms with E-state index < -0.39 is 34.9 Å². The van der Waals surface area contributed by atoms with Gasteiger partial charge in [-0.2, -0.15) is 0 Å². The van der Waals surface area contributed by atoms with Crippen LogP contribution in [0.3, 0.4) is 0 Å². The van der Waals surface area contributed by atoms with E-state index in [0.29, 0.717) is 43.7 Å². The van der Waals surface area contributed by atoms with Gasteiger partial charge in [0.15, 0.2) is 0 Å². The topological polar surface area (TPSA) is 108 Å². The van der Waals surface area contributed by atoms with Crippen LogP contribution in [0.4, 0.5) is 15.8 Å². The Morgan fingerprint density at radius 1 is 1.32 bits per heavy atom. The molecule has 3 N–H and O–H groups in total. The molecule has 0 bridgehead atoms. The van der Waals surface area contributed by atoms with Crippen LogP contribution >= 0.6 is 0 Å². The van der Waals surface area contributed by atoms with Gasteiger partial charge >= 0.3 is 5.97 Å². The molecule has 2 aliphatic rings. The second-order valence-corrected chi connectivity index (χ2v) is 9.29. The molecule has 0 saturated carbocycles. The molecule has 3 rings (SSSR count). The first-order chi connectivity index (χ1) is 14.4. The zero-order valence-electron chi connectivity index (χ0n) is 18.2. The van der Waals surface area contributed by atoms with Crippen molar-refractivity contribution >= 4 is 29.2 Å². The van der Waals surface area contributed by atoms with E-state index in [4.69, 9.17) is 4.74 Å². The number of carbonyl (C=O) groups excluding carboxylic acids is 3. The van der Waals surface area contributed by atoms with E-state index in [2.05, 4.69) is 10.6 Å². The van der Waals surface area contributed by atoms with Crippen LogP contribution in [0.15, 0.2) is 18.2 Å². The van der Waals surface area contributed by atoms with Crippen LogP contribution in [0.2, 0.25) is 0 Å². The minimum atomic E-state index is -1.16. The van der Waals surface area contributed by atoms with E-state index >= 15 is 0 Å². The molecule has 0 aromatic heterocycles. The summed E-state index contributed by atoms with van der Waals surface area (Å²) in [6.45, 7) is 6.13. The molecule has 2 fully saturated rings. The predicted octanol–water partition coefficient (Wildman–Crippen LogP) is 2.11. The molecule has 2 aliphatic heterocycles. The van der Waals surface area contributed by atoms with Crippen molar-refractivity contribution in [3.05, 3.63) is 24.0 Å². The van der Waals surface area contributed by atoms with Crippen LogP contribution in [0.25, 0.3) is 0 Å². The van der Waals surface area contributed by atoms with Gasteiger partial charge in [-0.25, -0.2) is 4.39 Å². The standard InChI is InChI=1S/C22H30FN3O5/c1-21(2,3)31-19(28)13-22(30)8-10-26(11-9-22)17-6-4-14(12-15(17)23)24-16-5-7-18(27)25-20(16)29/h4,6,12,16,24,30H,5,7-11,13H2,1-3H3,(H,25,27,29). The highest BCUT2D eigenvalue weighted by molar-refractivity contribution is 6.01. The Bertz CT molecular complexity index is 859. The van der Waals surface area contributed by atoms with Gasteiger partial charge in [-0.1, -0.05) is 0 Å². The van der Waals surface area contributed by atoms with Gasteiger partial charge in [0.05, 0.1) is 17.7 Å². The number of hydrogen-bond donors (Lipinski definition) is 3. The molecule has 2 amide bonds. The van der Waals surface area contributed by atoms with Crippen molar-refractivity contribution in [2.45, 2.75) is 70.1 Å². The number of esters is 1. The fourth-order valence-corrected chi connectivity index (χ4v) is 3.87. The number of rotatable bonds is 5. The second-order valence-electron chi connectivity index (χ2n) is 9.29. The van der Waals surface area contributed by atoms with Crippen molar-refractivity contribution in [1.82, 2.24) is 5.32 Å². The number of anilines is 2. The SMILES string of the molecule is CC(C)(C)OC(=O)CC1(O)CCN(c2ccc(NC3CCC(=O)NC3=O)cc2F)CC1. The number of halogens is 1. The molecular weight excluding hydrogens is 405 g/mol. The summed E-state index contributed by atoms with van der Waals surface area (Å²) in [6, 6.07) is 4.05. The zero-order valence-corrected chi connectivity index (χ0v) is 18.2. The number of benzene rings is 1. The van der Waals surface area contributed by atoms with Gasteiger partial charge in [0, 0.05) is 25.2 Å². The highest BCUT2D eigenvalue weighted by Crippen LogP contribution is 2.32. The van der Waals surface area contributed by atoms with Gasteiger partial charge in [-0.05, 0) is 58.2 Å². The lowest BCUT2D eigenvalue weighted by Gasteiger charge is -2.39. The van der Waals surface area contributed by atoms with Gasteiger partial charge < -0.3 is 20.1 Å². The maximum atomic E-state index is 14.8. The summed E-state index contributed by atoms with van der Waals surface area (Å²) >= 11 is 0. The smallest absolute Gasteiger partial charge is 0.309 e. The average molecular weight is 435 g/mol. The second kappa shape index (κ2) is 8.82. The third kappa shape index (κ3) is 6.16. The molecule has 1 aromatic rings. The molecule has 170 valence electrons. The van der Waals surface area contributed by atoms with Crippen molar-refractivity contribution < 1.29 is 28.6 Å². The van der Waals surface area contributed by atoms with E-state index in [1.807, 2.05) is 4.90 Å².